The van der Waals surface area contributed by atoms with E-state index in [0.717, 1.165) is 71.4 Å². The average molecular weight is 532 g/mol. The van der Waals surface area contributed by atoms with E-state index < -0.39 is 24.3 Å². The molecule has 2 unspecified atom stereocenters. The van der Waals surface area contributed by atoms with Crippen molar-refractivity contribution in [3.8, 4) is 0 Å². The third kappa shape index (κ3) is 9.05. The summed E-state index contributed by atoms with van der Waals surface area (Å²) in [5.41, 5.74) is 0.207. The number of hydrogen-bond donors (Lipinski definition) is 2. The van der Waals surface area contributed by atoms with Gasteiger partial charge < -0.3 is 24.6 Å². The Kier molecular flexibility index (Phi) is 10.2. The van der Waals surface area contributed by atoms with Crippen LogP contribution in [0.5, 0.6) is 0 Å². The fourth-order valence-electron chi connectivity index (χ4n) is 3.95. The maximum atomic E-state index is 10.6. The molecule has 3 saturated heterocycles. The number of anilines is 1. The topological polar surface area (TPSA) is 125 Å². The lowest BCUT2D eigenvalue weighted by molar-refractivity contribution is -0.193. The molecule has 4 rings (SSSR count). The van der Waals surface area contributed by atoms with E-state index in [1.54, 1.807) is 0 Å². The molecule has 0 bridgehead atoms. The quantitative estimate of drug-likeness (QED) is 0.547. The van der Waals surface area contributed by atoms with Gasteiger partial charge in [-0.3, -0.25) is 4.90 Å². The summed E-state index contributed by atoms with van der Waals surface area (Å²) in [6.45, 7) is 7.59. The first-order valence-electron chi connectivity index (χ1n) is 10.8. The van der Waals surface area contributed by atoms with Crippen LogP contribution in [0.15, 0.2) is 18.5 Å². The first-order valence-corrected chi connectivity index (χ1v) is 10.8. The molecule has 0 radical (unpaired) electrons. The summed E-state index contributed by atoms with van der Waals surface area (Å²) in [4.78, 5) is 31.5. The molecule has 0 saturated carbocycles. The highest BCUT2D eigenvalue weighted by molar-refractivity contribution is 5.73. The van der Waals surface area contributed by atoms with Gasteiger partial charge in [0.1, 0.15) is 0 Å². The van der Waals surface area contributed by atoms with E-state index in [4.69, 9.17) is 29.3 Å². The van der Waals surface area contributed by atoms with Gasteiger partial charge in [-0.15, -0.1) is 0 Å². The van der Waals surface area contributed by atoms with Crippen molar-refractivity contribution < 1.29 is 55.6 Å². The standard InChI is InChI=1S/C16H24N4O2.2C2HF3O2/c1-4-17-15(18-5-1)20-6-3-16(12-20)11-19(7-9-22-13-16)14-2-8-21-10-14;2*3-2(4,5)1(6)7/h1,4-5,14H,2-3,6-13H2;2*(H,6,7). The molecule has 3 aliphatic heterocycles. The molecule has 2 atom stereocenters. The Morgan fingerprint density at radius 1 is 0.944 bits per heavy atom. The maximum absolute atomic E-state index is 10.6. The summed E-state index contributed by atoms with van der Waals surface area (Å²) < 4.78 is 75.0. The number of aliphatic carboxylic acids is 2. The summed E-state index contributed by atoms with van der Waals surface area (Å²) >= 11 is 0. The number of ether oxygens (including phenoxy) is 2. The molecule has 3 aliphatic rings. The molecule has 1 aromatic rings. The summed E-state index contributed by atoms with van der Waals surface area (Å²) in [5, 5.41) is 14.2. The molecule has 16 heteroatoms. The highest BCUT2D eigenvalue weighted by Crippen LogP contribution is 2.35. The van der Waals surface area contributed by atoms with Gasteiger partial charge in [0, 0.05) is 56.6 Å². The third-order valence-electron chi connectivity index (χ3n) is 5.65. The van der Waals surface area contributed by atoms with E-state index in [2.05, 4.69) is 19.8 Å². The second-order valence-corrected chi connectivity index (χ2v) is 8.37. The molecule has 3 fully saturated rings. The van der Waals surface area contributed by atoms with Gasteiger partial charge in [0.2, 0.25) is 5.95 Å². The minimum Gasteiger partial charge on any atom is -0.475 e. The summed E-state index contributed by atoms with van der Waals surface area (Å²) in [6, 6.07) is 2.44. The molecule has 10 nitrogen and oxygen atoms in total. The zero-order valence-electron chi connectivity index (χ0n) is 19.0. The van der Waals surface area contributed by atoms with E-state index in [9.17, 15) is 26.3 Å². The molecular weight excluding hydrogens is 506 g/mol. The van der Waals surface area contributed by atoms with E-state index in [-0.39, 0.29) is 5.41 Å². The maximum Gasteiger partial charge on any atom is 0.490 e. The van der Waals surface area contributed by atoms with Crippen LogP contribution in [0.25, 0.3) is 0 Å². The lowest BCUT2D eigenvalue weighted by Crippen LogP contribution is -2.45. The third-order valence-corrected chi connectivity index (χ3v) is 5.65. The zero-order valence-corrected chi connectivity index (χ0v) is 19.0. The van der Waals surface area contributed by atoms with Gasteiger partial charge >= 0.3 is 24.3 Å². The molecule has 36 heavy (non-hydrogen) atoms. The zero-order chi connectivity index (χ0) is 27.0. The van der Waals surface area contributed by atoms with E-state index in [0.29, 0.717) is 6.04 Å². The van der Waals surface area contributed by atoms with E-state index >= 15 is 0 Å². The Balaban J connectivity index is 0.000000271. The highest BCUT2D eigenvalue weighted by atomic mass is 19.4. The first kappa shape index (κ1) is 29.5. The van der Waals surface area contributed by atoms with Crippen molar-refractivity contribution in [3.63, 3.8) is 0 Å². The lowest BCUT2D eigenvalue weighted by Gasteiger charge is -2.34. The van der Waals surface area contributed by atoms with Crippen LogP contribution in [0, 0.1) is 5.41 Å². The van der Waals surface area contributed by atoms with Gasteiger partial charge in [0.15, 0.2) is 0 Å². The Morgan fingerprint density at radius 2 is 1.53 bits per heavy atom. The van der Waals surface area contributed by atoms with E-state index in [1.807, 2.05) is 18.5 Å². The number of carboxylic acids is 2. The Morgan fingerprint density at radius 3 is 2.03 bits per heavy atom. The minimum atomic E-state index is -5.08. The van der Waals surface area contributed by atoms with Crippen molar-refractivity contribution in [2.24, 2.45) is 5.41 Å². The predicted molar refractivity (Wildman–Crippen MR) is 110 cm³/mol. The van der Waals surface area contributed by atoms with Crippen molar-refractivity contribution >= 4 is 17.9 Å². The fourth-order valence-corrected chi connectivity index (χ4v) is 3.95. The Hall–Kier alpha value is -2.72. The second-order valence-electron chi connectivity index (χ2n) is 8.37. The molecule has 204 valence electrons. The number of aromatic nitrogens is 2. The smallest absolute Gasteiger partial charge is 0.475 e. The monoisotopic (exact) mass is 532 g/mol. The fraction of sp³-hybridized carbons (Fsp3) is 0.700. The lowest BCUT2D eigenvalue weighted by atomic mass is 9.87. The number of carboxylic acid groups (broad SMARTS) is 2. The van der Waals surface area contributed by atoms with Crippen LogP contribution in [0.2, 0.25) is 0 Å². The van der Waals surface area contributed by atoms with Crippen LogP contribution >= 0.6 is 0 Å². The summed E-state index contributed by atoms with van der Waals surface area (Å²) in [6.07, 6.45) is -4.23. The Labute approximate surface area is 201 Å². The van der Waals surface area contributed by atoms with Crippen LogP contribution in [-0.2, 0) is 19.1 Å². The van der Waals surface area contributed by atoms with Gasteiger partial charge in [-0.1, -0.05) is 0 Å². The highest BCUT2D eigenvalue weighted by Gasteiger charge is 2.43. The number of carbonyl (C=O) groups is 2. The molecule has 2 N–H and O–H groups in total. The molecule has 1 spiro atoms. The van der Waals surface area contributed by atoms with Crippen LogP contribution in [-0.4, -0.2) is 108 Å². The van der Waals surface area contributed by atoms with Crippen LogP contribution in [0.3, 0.4) is 0 Å². The van der Waals surface area contributed by atoms with Crippen molar-refractivity contribution in [2.75, 3.05) is 57.5 Å². The normalized spacial score (nSPS) is 24.8. The van der Waals surface area contributed by atoms with Crippen molar-refractivity contribution in [1.82, 2.24) is 14.9 Å². The first-order chi connectivity index (χ1) is 16.7. The number of hydrogen-bond acceptors (Lipinski definition) is 8. The van der Waals surface area contributed by atoms with Crippen LogP contribution in [0.4, 0.5) is 32.3 Å². The van der Waals surface area contributed by atoms with Gasteiger partial charge in [-0.25, -0.2) is 19.6 Å². The molecule has 0 aromatic carbocycles. The van der Waals surface area contributed by atoms with Crippen LogP contribution in [0.1, 0.15) is 12.8 Å². The molecule has 0 amide bonds. The van der Waals surface area contributed by atoms with Gasteiger partial charge in [0.05, 0.1) is 19.8 Å². The van der Waals surface area contributed by atoms with E-state index in [1.165, 1.54) is 0 Å². The van der Waals surface area contributed by atoms with Crippen LogP contribution < -0.4 is 4.90 Å². The van der Waals surface area contributed by atoms with Gasteiger partial charge in [-0.2, -0.15) is 26.3 Å². The molecule has 1 aromatic heterocycles. The van der Waals surface area contributed by atoms with Crippen molar-refractivity contribution in [2.45, 2.75) is 31.2 Å². The number of alkyl halides is 6. The number of halogens is 6. The van der Waals surface area contributed by atoms with Gasteiger partial charge in [-0.05, 0) is 18.9 Å². The molecular formula is C20H26F6N4O6. The molecule has 0 aliphatic carbocycles. The second kappa shape index (κ2) is 12.5. The predicted octanol–water partition coefficient (Wildman–Crippen LogP) is 2.06. The average Bonchev–Trinajstić information content (AvgIpc) is 3.42. The largest absolute Gasteiger partial charge is 0.490 e. The summed E-state index contributed by atoms with van der Waals surface area (Å²) in [7, 11) is 0. The Bertz CT molecular complexity index is 829. The SMILES string of the molecule is O=C(O)C(F)(F)F.O=C(O)C(F)(F)F.c1cnc(N2CCC3(COCCN(C4CCOC4)C3)C2)nc1. The van der Waals surface area contributed by atoms with Gasteiger partial charge in [0.25, 0.3) is 0 Å². The molecule has 4 heterocycles. The summed E-state index contributed by atoms with van der Waals surface area (Å²) in [5.74, 6) is -4.67. The van der Waals surface area contributed by atoms with Crippen molar-refractivity contribution in [3.05, 3.63) is 18.5 Å². The number of nitrogens with zero attached hydrogens (tertiary/aromatic N) is 4. The van der Waals surface area contributed by atoms with Crippen molar-refractivity contribution in [1.29, 1.82) is 0 Å². The minimum absolute atomic E-state index is 0.207. The number of rotatable bonds is 2.